The lowest BCUT2D eigenvalue weighted by molar-refractivity contribution is -0.130. The number of aromatic nitrogens is 1. The Kier molecular flexibility index (Phi) is 3.25. The summed E-state index contributed by atoms with van der Waals surface area (Å²) in [5, 5.41) is 10.6. The van der Waals surface area contributed by atoms with Crippen molar-refractivity contribution in [2.75, 3.05) is 13.1 Å². The van der Waals surface area contributed by atoms with Crippen molar-refractivity contribution in [2.45, 2.75) is 25.4 Å². The zero-order chi connectivity index (χ0) is 13.2. The number of amides is 1. The van der Waals surface area contributed by atoms with Gasteiger partial charge in [-0.3, -0.25) is 4.79 Å². The summed E-state index contributed by atoms with van der Waals surface area (Å²) in [5.74, 6) is 0.141. The summed E-state index contributed by atoms with van der Waals surface area (Å²) in [6.07, 6.45) is 3.61. The number of hydrogen-bond acceptors (Lipinski definition) is 2. The third-order valence-electron chi connectivity index (χ3n) is 3.80. The summed E-state index contributed by atoms with van der Waals surface area (Å²) in [5.41, 5.74) is 2.30. The van der Waals surface area contributed by atoms with Crippen LogP contribution in [0.5, 0.6) is 0 Å². The number of carbonyl (C=O) groups is 1. The molecule has 4 nitrogen and oxygen atoms in total. The van der Waals surface area contributed by atoms with E-state index in [1.807, 2.05) is 24.4 Å². The molecule has 3 rings (SSSR count). The molecule has 1 aromatic heterocycles. The molecule has 1 aliphatic heterocycles. The number of nitrogens with zero attached hydrogens (tertiary/aromatic N) is 1. The van der Waals surface area contributed by atoms with Crippen molar-refractivity contribution in [1.29, 1.82) is 0 Å². The molecule has 0 spiro atoms. The van der Waals surface area contributed by atoms with Crippen molar-refractivity contribution in [2.24, 2.45) is 0 Å². The standard InChI is InChI=1S/C15H18N2O2/c18-12-7-8-17(10-12)15(19)6-5-11-9-16-14-4-2-1-3-13(11)14/h1-4,9,12,16,18H,5-8,10H2/t12-/m1/s1. The molecule has 19 heavy (non-hydrogen) atoms. The van der Waals surface area contributed by atoms with E-state index >= 15 is 0 Å². The van der Waals surface area contributed by atoms with Gasteiger partial charge in [-0.2, -0.15) is 0 Å². The van der Waals surface area contributed by atoms with Crippen molar-refractivity contribution in [3.8, 4) is 0 Å². The Bertz CT molecular complexity index is 591. The van der Waals surface area contributed by atoms with E-state index in [-0.39, 0.29) is 12.0 Å². The minimum Gasteiger partial charge on any atom is -0.391 e. The van der Waals surface area contributed by atoms with Crippen molar-refractivity contribution < 1.29 is 9.90 Å². The molecule has 1 amide bonds. The number of aromatic amines is 1. The van der Waals surface area contributed by atoms with Gasteiger partial charge in [-0.05, 0) is 24.5 Å². The molecule has 0 bridgehead atoms. The Morgan fingerprint density at radius 2 is 2.26 bits per heavy atom. The van der Waals surface area contributed by atoms with Gasteiger partial charge in [0.1, 0.15) is 0 Å². The van der Waals surface area contributed by atoms with Gasteiger partial charge < -0.3 is 15.0 Å². The number of aliphatic hydroxyl groups is 1. The van der Waals surface area contributed by atoms with E-state index in [1.165, 1.54) is 10.9 Å². The third-order valence-corrected chi connectivity index (χ3v) is 3.80. The molecule has 0 radical (unpaired) electrons. The van der Waals surface area contributed by atoms with Crippen LogP contribution in [0.3, 0.4) is 0 Å². The van der Waals surface area contributed by atoms with Crippen molar-refractivity contribution in [3.05, 3.63) is 36.0 Å². The molecule has 1 aromatic carbocycles. The fourth-order valence-corrected chi connectivity index (χ4v) is 2.71. The maximum atomic E-state index is 12.0. The van der Waals surface area contributed by atoms with Crippen LogP contribution in [0.2, 0.25) is 0 Å². The van der Waals surface area contributed by atoms with Crippen LogP contribution < -0.4 is 0 Å². The van der Waals surface area contributed by atoms with Gasteiger partial charge in [0, 0.05) is 36.6 Å². The lowest BCUT2D eigenvalue weighted by Crippen LogP contribution is -2.29. The predicted molar refractivity (Wildman–Crippen MR) is 73.8 cm³/mol. The molecule has 0 aliphatic carbocycles. The van der Waals surface area contributed by atoms with Gasteiger partial charge in [0.15, 0.2) is 0 Å². The summed E-state index contributed by atoms with van der Waals surface area (Å²) in [6, 6.07) is 8.13. The number of fused-ring (bicyclic) bond motifs is 1. The van der Waals surface area contributed by atoms with E-state index in [2.05, 4.69) is 11.1 Å². The van der Waals surface area contributed by atoms with Crippen LogP contribution in [-0.2, 0) is 11.2 Å². The summed E-state index contributed by atoms with van der Waals surface area (Å²) < 4.78 is 0. The normalized spacial score (nSPS) is 19.2. The number of likely N-dealkylation sites (tertiary alicyclic amines) is 1. The van der Waals surface area contributed by atoms with E-state index in [1.54, 1.807) is 4.90 Å². The maximum Gasteiger partial charge on any atom is 0.222 e. The van der Waals surface area contributed by atoms with Gasteiger partial charge in [0.25, 0.3) is 0 Å². The van der Waals surface area contributed by atoms with E-state index in [4.69, 9.17) is 0 Å². The van der Waals surface area contributed by atoms with Gasteiger partial charge in [-0.1, -0.05) is 18.2 Å². The van der Waals surface area contributed by atoms with Gasteiger partial charge >= 0.3 is 0 Å². The minimum absolute atomic E-state index is 0.141. The first kappa shape index (κ1) is 12.2. The molecule has 100 valence electrons. The second-order valence-corrected chi connectivity index (χ2v) is 5.14. The van der Waals surface area contributed by atoms with Crippen molar-refractivity contribution in [1.82, 2.24) is 9.88 Å². The minimum atomic E-state index is -0.336. The Balaban J connectivity index is 1.64. The Morgan fingerprint density at radius 3 is 3.05 bits per heavy atom. The highest BCUT2D eigenvalue weighted by Crippen LogP contribution is 2.20. The molecular formula is C15H18N2O2. The Labute approximate surface area is 112 Å². The summed E-state index contributed by atoms with van der Waals surface area (Å²) in [7, 11) is 0. The SMILES string of the molecule is O=C(CCc1c[nH]c2ccccc12)N1CC[C@@H](O)C1. The molecule has 1 saturated heterocycles. The highest BCUT2D eigenvalue weighted by Gasteiger charge is 2.24. The van der Waals surface area contributed by atoms with Crippen LogP contribution >= 0.6 is 0 Å². The summed E-state index contributed by atoms with van der Waals surface area (Å²) in [6.45, 7) is 1.18. The highest BCUT2D eigenvalue weighted by molar-refractivity contribution is 5.84. The van der Waals surface area contributed by atoms with E-state index in [0.717, 1.165) is 11.9 Å². The number of aliphatic hydroxyl groups excluding tert-OH is 1. The molecule has 2 N–H and O–H groups in total. The molecule has 0 unspecified atom stereocenters. The number of benzene rings is 1. The average molecular weight is 258 g/mol. The van der Waals surface area contributed by atoms with Crippen LogP contribution in [0.1, 0.15) is 18.4 Å². The molecule has 1 atom stereocenters. The van der Waals surface area contributed by atoms with Crippen molar-refractivity contribution >= 4 is 16.8 Å². The van der Waals surface area contributed by atoms with E-state index in [0.29, 0.717) is 25.9 Å². The Hall–Kier alpha value is -1.81. The summed E-state index contributed by atoms with van der Waals surface area (Å²) >= 11 is 0. The Morgan fingerprint density at radius 1 is 1.42 bits per heavy atom. The molecular weight excluding hydrogens is 240 g/mol. The quantitative estimate of drug-likeness (QED) is 0.880. The lowest BCUT2D eigenvalue weighted by atomic mass is 10.1. The van der Waals surface area contributed by atoms with Crippen LogP contribution in [-0.4, -0.2) is 40.1 Å². The van der Waals surface area contributed by atoms with Crippen LogP contribution in [0.25, 0.3) is 10.9 Å². The number of para-hydroxylation sites is 1. The number of rotatable bonds is 3. The number of H-pyrrole nitrogens is 1. The van der Waals surface area contributed by atoms with Crippen molar-refractivity contribution in [3.63, 3.8) is 0 Å². The third kappa shape index (κ3) is 2.49. The number of carbonyl (C=O) groups excluding carboxylic acids is 1. The second kappa shape index (κ2) is 5.05. The molecule has 1 fully saturated rings. The zero-order valence-corrected chi connectivity index (χ0v) is 10.8. The number of hydrogen-bond donors (Lipinski definition) is 2. The number of nitrogens with one attached hydrogen (secondary N) is 1. The predicted octanol–water partition coefficient (Wildman–Crippen LogP) is 1.69. The van der Waals surface area contributed by atoms with Gasteiger partial charge in [-0.15, -0.1) is 0 Å². The topological polar surface area (TPSA) is 56.3 Å². The first-order valence-electron chi connectivity index (χ1n) is 6.75. The summed E-state index contributed by atoms with van der Waals surface area (Å²) in [4.78, 5) is 17.0. The maximum absolute atomic E-state index is 12.0. The van der Waals surface area contributed by atoms with E-state index in [9.17, 15) is 9.90 Å². The van der Waals surface area contributed by atoms with Crippen LogP contribution in [0, 0.1) is 0 Å². The average Bonchev–Trinajstić information content (AvgIpc) is 3.02. The van der Waals surface area contributed by atoms with Gasteiger partial charge in [0.05, 0.1) is 6.10 Å². The van der Waals surface area contributed by atoms with Gasteiger partial charge in [0.2, 0.25) is 5.91 Å². The first-order chi connectivity index (χ1) is 9.24. The first-order valence-corrected chi connectivity index (χ1v) is 6.75. The van der Waals surface area contributed by atoms with Crippen LogP contribution in [0.15, 0.2) is 30.5 Å². The largest absolute Gasteiger partial charge is 0.391 e. The molecule has 2 heterocycles. The fourth-order valence-electron chi connectivity index (χ4n) is 2.71. The number of aryl methyl sites for hydroxylation is 1. The monoisotopic (exact) mass is 258 g/mol. The molecule has 2 aromatic rings. The van der Waals surface area contributed by atoms with Crippen LogP contribution in [0.4, 0.5) is 0 Å². The second-order valence-electron chi connectivity index (χ2n) is 5.14. The molecule has 0 saturated carbocycles. The fraction of sp³-hybridized carbons (Fsp3) is 0.400. The lowest BCUT2D eigenvalue weighted by Gasteiger charge is -2.15. The van der Waals surface area contributed by atoms with Gasteiger partial charge in [-0.25, -0.2) is 0 Å². The smallest absolute Gasteiger partial charge is 0.222 e. The zero-order valence-electron chi connectivity index (χ0n) is 10.8. The van der Waals surface area contributed by atoms with E-state index < -0.39 is 0 Å². The number of β-amino-alcohol motifs (C(OH)–C–C–N with tert-alkyl or cyclic N) is 1. The highest BCUT2D eigenvalue weighted by atomic mass is 16.3. The molecule has 4 heteroatoms. The molecule has 1 aliphatic rings.